The molecule has 2 aliphatic heterocycles. The van der Waals surface area contributed by atoms with Crippen molar-refractivity contribution in [2.24, 2.45) is 5.92 Å². The summed E-state index contributed by atoms with van der Waals surface area (Å²) in [5, 5.41) is 2.89. The van der Waals surface area contributed by atoms with E-state index < -0.39 is 16.3 Å². The smallest absolute Gasteiger partial charge is 0.409 e. The first-order valence-electron chi connectivity index (χ1n) is 9.85. The number of piperidine rings is 1. The van der Waals surface area contributed by atoms with Crippen LogP contribution < -0.4 is 5.32 Å². The molecule has 0 bridgehead atoms. The molecular formula is C17H33N5O5S. The van der Waals surface area contributed by atoms with Crippen molar-refractivity contribution in [1.82, 2.24) is 23.7 Å². The quantitative estimate of drug-likeness (QED) is 0.591. The molecule has 0 aromatic rings. The lowest BCUT2D eigenvalue weighted by atomic mass is 9.99. The Hall–Kier alpha value is -1.43. The molecule has 11 heteroatoms. The van der Waals surface area contributed by atoms with Crippen molar-refractivity contribution in [2.75, 3.05) is 73.1 Å². The fraction of sp³-hybridized carbons (Fsp3) is 0.882. The molecule has 0 spiro atoms. The minimum Gasteiger partial charge on any atom is -0.450 e. The minimum atomic E-state index is -3.65. The Balaban J connectivity index is 1.89. The second-order valence-corrected chi connectivity index (χ2v) is 9.31. The molecule has 1 atom stereocenters. The van der Waals surface area contributed by atoms with Crippen LogP contribution in [0.1, 0.15) is 19.8 Å². The van der Waals surface area contributed by atoms with E-state index in [0.29, 0.717) is 45.6 Å². The number of nitrogens with one attached hydrogen (secondary N) is 1. The molecule has 0 aromatic carbocycles. The lowest BCUT2D eigenvalue weighted by Crippen LogP contribution is -2.56. The van der Waals surface area contributed by atoms with Gasteiger partial charge in [-0.3, -0.25) is 4.79 Å². The first-order valence-corrected chi connectivity index (χ1v) is 11.2. The highest BCUT2D eigenvalue weighted by molar-refractivity contribution is 7.86. The zero-order chi connectivity index (χ0) is 20.7. The van der Waals surface area contributed by atoms with Crippen molar-refractivity contribution in [2.45, 2.75) is 19.8 Å². The van der Waals surface area contributed by atoms with Gasteiger partial charge in [-0.25, -0.2) is 4.79 Å². The monoisotopic (exact) mass is 419 g/mol. The summed E-state index contributed by atoms with van der Waals surface area (Å²) in [4.78, 5) is 27.7. The van der Waals surface area contributed by atoms with E-state index in [-0.39, 0.29) is 31.5 Å². The third kappa shape index (κ3) is 6.03. The molecule has 0 aliphatic carbocycles. The van der Waals surface area contributed by atoms with Crippen LogP contribution in [0.4, 0.5) is 4.79 Å². The van der Waals surface area contributed by atoms with Crippen molar-refractivity contribution in [3.8, 4) is 0 Å². The summed E-state index contributed by atoms with van der Waals surface area (Å²) in [5.74, 6) is -0.416. The number of nitrogens with zero attached hydrogens (tertiary/aromatic N) is 4. The number of hydrogen-bond donors (Lipinski definition) is 1. The van der Waals surface area contributed by atoms with E-state index >= 15 is 0 Å². The number of ether oxygens (including phenoxy) is 1. The van der Waals surface area contributed by atoms with Crippen LogP contribution in [0.2, 0.25) is 0 Å². The fourth-order valence-corrected chi connectivity index (χ4v) is 5.07. The van der Waals surface area contributed by atoms with E-state index in [4.69, 9.17) is 4.74 Å². The summed E-state index contributed by atoms with van der Waals surface area (Å²) in [5.41, 5.74) is 0. The fourth-order valence-electron chi connectivity index (χ4n) is 3.39. The number of amides is 2. The zero-order valence-corrected chi connectivity index (χ0v) is 17.9. The maximum atomic E-state index is 13.0. The molecule has 28 heavy (non-hydrogen) atoms. The second kappa shape index (κ2) is 10.4. The molecule has 2 fully saturated rings. The number of rotatable bonds is 7. The van der Waals surface area contributed by atoms with E-state index in [1.54, 1.807) is 6.92 Å². The van der Waals surface area contributed by atoms with Crippen LogP contribution in [0.5, 0.6) is 0 Å². The molecule has 1 N–H and O–H groups in total. The molecule has 0 radical (unpaired) electrons. The van der Waals surface area contributed by atoms with Crippen LogP contribution in [-0.4, -0.2) is 112 Å². The van der Waals surface area contributed by atoms with Crippen molar-refractivity contribution >= 4 is 22.2 Å². The first-order chi connectivity index (χ1) is 13.3. The molecular weight excluding hydrogens is 386 g/mol. The van der Waals surface area contributed by atoms with Crippen molar-refractivity contribution in [3.63, 3.8) is 0 Å². The van der Waals surface area contributed by atoms with Gasteiger partial charge in [-0.15, -0.1) is 0 Å². The number of hydrogen-bond acceptors (Lipinski definition) is 6. The normalized spacial score (nSPS) is 22.3. The van der Waals surface area contributed by atoms with Gasteiger partial charge >= 0.3 is 6.09 Å². The van der Waals surface area contributed by atoms with Gasteiger partial charge in [-0.1, -0.05) is 0 Å². The third-order valence-electron chi connectivity index (χ3n) is 5.03. The Kier molecular flexibility index (Phi) is 8.47. The predicted octanol–water partition coefficient (Wildman–Crippen LogP) is -0.605. The van der Waals surface area contributed by atoms with Gasteiger partial charge in [0.1, 0.15) is 0 Å². The molecule has 2 amide bonds. The first kappa shape index (κ1) is 22.9. The van der Waals surface area contributed by atoms with Crippen LogP contribution >= 0.6 is 0 Å². The number of piperazine rings is 1. The highest BCUT2D eigenvalue weighted by atomic mass is 32.2. The van der Waals surface area contributed by atoms with Gasteiger partial charge in [-0.2, -0.15) is 17.0 Å². The zero-order valence-electron chi connectivity index (χ0n) is 17.1. The average Bonchev–Trinajstić information content (AvgIpc) is 2.68. The van der Waals surface area contributed by atoms with Crippen molar-refractivity contribution in [1.29, 1.82) is 0 Å². The summed E-state index contributed by atoms with van der Waals surface area (Å²) in [6.07, 6.45) is 0.941. The van der Waals surface area contributed by atoms with Crippen LogP contribution in [0.15, 0.2) is 0 Å². The molecule has 162 valence electrons. The molecule has 2 heterocycles. The Morgan fingerprint density at radius 3 is 2.39 bits per heavy atom. The van der Waals surface area contributed by atoms with Crippen molar-refractivity contribution in [3.05, 3.63) is 0 Å². The standard InChI is InChI=1S/C17H33N5O5S/c1-4-27-17(24)20-10-12-21(13-11-20)28(25,26)22-8-5-6-15(14-22)16(23)18-7-9-19(2)3/h15H,4-14H2,1-3H3,(H,18,23)/t15-/m1/s1. The lowest BCUT2D eigenvalue weighted by Gasteiger charge is -2.38. The number of carbonyl (C=O) groups is 2. The van der Waals surface area contributed by atoms with Crippen LogP contribution in [0.25, 0.3) is 0 Å². The molecule has 2 saturated heterocycles. The Labute approximate surface area is 167 Å². The molecule has 10 nitrogen and oxygen atoms in total. The van der Waals surface area contributed by atoms with E-state index in [1.165, 1.54) is 13.5 Å². The van der Waals surface area contributed by atoms with E-state index in [2.05, 4.69) is 5.32 Å². The van der Waals surface area contributed by atoms with E-state index in [0.717, 1.165) is 6.54 Å². The Bertz CT molecular complexity index is 634. The van der Waals surface area contributed by atoms with E-state index in [9.17, 15) is 18.0 Å². The summed E-state index contributed by atoms with van der Waals surface area (Å²) < 4.78 is 33.8. The number of carbonyl (C=O) groups excluding carboxylic acids is 2. The third-order valence-corrected chi connectivity index (χ3v) is 7.03. The second-order valence-electron chi connectivity index (χ2n) is 7.38. The van der Waals surface area contributed by atoms with Gasteiger partial charge in [0.05, 0.1) is 12.5 Å². The van der Waals surface area contributed by atoms with Crippen LogP contribution in [-0.2, 0) is 19.7 Å². The maximum Gasteiger partial charge on any atom is 0.409 e. The average molecular weight is 420 g/mol. The molecule has 0 saturated carbocycles. The lowest BCUT2D eigenvalue weighted by molar-refractivity contribution is -0.126. The van der Waals surface area contributed by atoms with Gasteiger partial charge in [0.25, 0.3) is 10.2 Å². The van der Waals surface area contributed by atoms with Crippen molar-refractivity contribution < 1.29 is 22.7 Å². The van der Waals surface area contributed by atoms with Gasteiger partial charge in [0, 0.05) is 52.4 Å². The predicted molar refractivity (Wildman–Crippen MR) is 105 cm³/mol. The highest BCUT2D eigenvalue weighted by Crippen LogP contribution is 2.22. The van der Waals surface area contributed by atoms with Gasteiger partial charge in [0.15, 0.2) is 0 Å². The summed E-state index contributed by atoms with van der Waals surface area (Å²) in [6, 6.07) is 0. The summed E-state index contributed by atoms with van der Waals surface area (Å²) >= 11 is 0. The highest BCUT2D eigenvalue weighted by Gasteiger charge is 2.37. The SMILES string of the molecule is CCOC(=O)N1CCN(S(=O)(=O)N2CCC[C@@H](C(=O)NCCN(C)C)C2)CC1. The van der Waals surface area contributed by atoms with Crippen LogP contribution in [0.3, 0.4) is 0 Å². The topological polar surface area (TPSA) is 102 Å². The van der Waals surface area contributed by atoms with Crippen LogP contribution in [0, 0.1) is 5.92 Å². The van der Waals surface area contributed by atoms with Gasteiger partial charge in [0.2, 0.25) is 5.91 Å². The molecule has 2 rings (SSSR count). The molecule has 2 aliphatic rings. The summed E-state index contributed by atoms with van der Waals surface area (Å²) in [7, 11) is 0.219. The Morgan fingerprint density at radius 1 is 1.11 bits per heavy atom. The number of likely N-dealkylation sites (N-methyl/N-ethyl adjacent to an activating group) is 1. The van der Waals surface area contributed by atoms with Gasteiger partial charge < -0.3 is 19.9 Å². The molecule has 0 unspecified atom stereocenters. The van der Waals surface area contributed by atoms with Gasteiger partial charge in [-0.05, 0) is 33.9 Å². The maximum absolute atomic E-state index is 13.0. The minimum absolute atomic E-state index is 0.0890. The Morgan fingerprint density at radius 2 is 1.79 bits per heavy atom. The largest absolute Gasteiger partial charge is 0.450 e. The van der Waals surface area contributed by atoms with E-state index in [1.807, 2.05) is 19.0 Å². The summed E-state index contributed by atoms with van der Waals surface area (Å²) in [6.45, 7) is 5.02. The molecule has 0 aromatic heterocycles.